The Morgan fingerprint density at radius 2 is 1.54 bits per heavy atom. The van der Waals surface area contributed by atoms with Gasteiger partial charge in [0.25, 0.3) is 6.43 Å². The van der Waals surface area contributed by atoms with E-state index in [1.165, 1.54) is 12.1 Å². The molecule has 216 valence electrons. The van der Waals surface area contributed by atoms with Crippen molar-refractivity contribution in [2.45, 2.75) is 29.5 Å². The molecule has 0 radical (unpaired) electrons. The SMILES string of the molecule is O=C(Cc1ccc(F)c(CC(=O)C(F)F)c1F)c1cc(NC(=O)[C@H]2[C@H](c3ccc(F)c(Cl)c3)C2(Cl)Cl)cc(F)c1Cl. The Labute approximate surface area is 248 Å². The van der Waals surface area contributed by atoms with Gasteiger partial charge in [-0.15, -0.1) is 23.2 Å². The number of carbonyl (C=O) groups is 3. The number of benzene rings is 3. The first-order valence-corrected chi connectivity index (χ1v) is 13.1. The van der Waals surface area contributed by atoms with E-state index >= 15 is 0 Å². The van der Waals surface area contributed by atoms with E-state index in [0.29, 0.717) is 11.6 Å². The van der Waals surface area contributed by atoms with Crippen LogP contribution < -0.4 is 5.32 Å². The molecule has 4 rings (SSSR count). The monoisotopic (exact) mass is 655 g/mol. The van der Waals surface area contributed by atoms with Crippen LogP contribution in [0.25, 0.3) is 0 Å². The topological polar surface area (TPSA) is 63.2 Å². The average Bonchev–Trinajstić information content (AvgIpc) is 3.48. The molecule has 1 N–H and O–H groups in total. The van der Waals surface area contributed by atoms with Crippen molar-refractivity contribution in [1.82, 2.24) is 0 Å². The van der Waals surface area contributed by atoms with Crippen LogP contribution in [0.4, 0.5) is 32.0 Å². The number of hydrogen-bond acceptors (Lipinski definition) is 3. The zero-order valence-electron chi connectivity index (χ0n) is 20.2. The van der Waals surface area contributed by atoms with Crippen molar-refractivity contribution < 1.29 is 40.7 Å². The number of ketones is 2. The lowest BCUT2D eigenvalue weighted by Crippen LogP contribution is -2.18. The lowest BCUT2D eigenvalue weighted by molar-refractivity contribution is -0.128. The molecule has 0 aliphatic heterocycles. The molecule has 0 aromatic heterocycles. The molecule has 1 amide bonds. The molecule has 0 unspecified atom stereocenters. The van der Waals surface area contributed by atoms with Gasteiger partial charge in [-0.2, -0.15) is 0 Å². The number of rotatable bonds is 9. The summed E-state index contributed by atoms with van der Waals surface area (Å²) in [5.74, 6) is -9.84. The molecule has 4 nitrogen and oxygen atoms in total. The van der Waals surface area contributed by atoms with E-state index in [1.807, 2.05) is 0 Å². The Kier molecular flexibility index (Phi) is 8.99. The zero-order chi connectivity index (χ0) is 30.4. The second-order valence-electron chi connectivity index (χ2n) is 9.16. The molecule has 2 atom stereocenters. The first-order valence-electron chi connectivity index (χ1n) is 11.6. The second kappa shape index (κ2) is 11.8. The van der Waals surface area contributed by atoms with Gasteiger partial charge in [0.1, 0.15) is 27.6 Å². The van der Waals surface area contributed by atoms with Gasteiger partial charge in [-0.05, 0) is 41.5 Å². The third-order valence-electron chi connectivity index (χ3n) is 6.45. The third kappa shape index (κ3) is 6.35. The van der Waals surface area contributed by atoms with Crippen LogP contribution in [0, 0.1) is 29.2 Å². The number of anilines is 1. The van der Waals surface area contributed by atoms with Crippen LogP contribution in [0.15, 0.2) is 42.5 Å². The summed E-state index contributed by atoms with van der Waals surface area (Å²) in [5, 5.41) is 1.49. The van der Waals surface area contributed by atoms with Gasteiger partial charge in [0, 0.05) is 35.6 Å². The third-order valence-corrected chi connectivity index (χ3v) is 8.06. The van der Waals surface area contributed by atoms with Crippen LogP contribution in [-0.4, -0.2) is 28.2 Å². The van der Waals surface area contributed by atoms with E-state index in [0.717, 1.165) is 24.3 Å². The average molecular weight is 657 g/mol. The van der Waals surface area contributed by atoms with Gasteiger partial charge in [-0.1, -0.05) is 35.3 Å². The summed E-state index contributed by atoms with van der Waals surface area (Å²) in [6.07, 6.45) is -5.52. The molecule has 3 aromatic rings. The maximum absolute atomic E-state index is 14.8. The summed E-state index contributed by atoms with van der Waals surface area (Å²) in [6, 6.07) is 7.06. The van der Waals surface area contributed by atoms with E-state index in [2.05, 4.69) is 5.32 Å². The number of halogens is 10. The summed E-state index contributed by atoms with van der Waals surface area (Å²) in [7, 11) is 0. The summed E-state index contributed by atoms with van der Waals surface area (Å²) < 4.78 is 80.6. The van der Waals surface area contributed by atoms with Crippen LogP contribution in [0.2, 0.25) is 10.0 Å². The number of carbonyl (C=O) groups excluding carboxylic acids is 3. The van der Waals surface area contributed by atoms with Crippen molar-refractivity contribution in [3.8, 4) is 0 Å². The Hall–Kier alpha value is -2.79. The van der Waals surface area contributed by atoms with Crippen molar-refractivity contribution >= 4 is 69.6 Å². The number of Topliss-reactive ketones (excluding diaryl/α,β-unsaturated/α-hetero) is 2. The lowest BCUT2D eigenvalue weighted by Gasteiger charge is -2.12. The lowest BCUT2D eigenvalue weighted by atomic mass is 9.98. The minimum absolute atomic E-state index is 0.217. The number of hydrogen-bond donors (Lipinski definition) is 1. The summed E-state index contributed by atoms with van der Waals surface area (Å²) >= 11 is 24.3. The Morgan fingerprint density at radius 3 is 2.17 bits per heavy atom. The number of alkyl halides is 4. The molecule has 0 heterocycles. The van der Waals surface area contributed by atoms with Crippen LogP contribution in [0.1, 0.15) is 33.0 Å². The molecule has 3 aromatic carbocycles. The van der Waals surface area contributed by atoms with Crippen molar-refractivity contribution in [2.75, 3.05) is 5.32 Å². The summed E-state index contributed by atoms with van der Waals surface area (Å²) in [5.41, 5.74) is -1.78. The molecule has 0 bridgehead atoms. The Bertz CT molecular complexity index is 1580. The largest absolute Gasteiger partial charge is 0.326 e. The summed E-state index contributed by atoms with van der Waals surface area (Å²) in [6.45, 7) is 0. The smallest absolute Gasteiger partial charge is 0.296 e. The first kappa shape index (κ1) is 31.2. The highest BCUT2D eigenvalue weighted by molar-refractivity contribution is 6.53. The van der Waals surface area contributed by atoms with Crippen LogP contribution in [0.5, 0.6) is 0 Å². The molecular formula is C27H15Cl4F6NO3. The van der Waals surface area contributed by atoms with Gasteiger partial charge in [0.2, 0.25) is 11.7 Å². The molecule has 0 spiro atoms. The van der Waals surface area contributed by atoms with E-state index in [9.17, 15) is 40.7 Å². The molecule has 1 aliphatic rings. The number of amides is 1. The van der Waals surface area contributed by atoms with Gasteiger partial charge < -0.3 is 5.32 Å². The first-order chi connectivity index (χ1) is 19.1. The second-order valence-corrected chi connectivity index (χ2v) is 11.4. The summed E-state index contributed by atoms with van der Waals surface area (Å²) in [4.78, 5) is 37.2. The maximum atomic E-state index is 14.8. The minimum atomic E-state index is -3.46. The van der Waals surface area contributed by atoms with Gasteiger partial charge >= 0.3 is 0 Å². The predicted octanol–water partition coefficient (Wildman–Crippen LogP) is 7.88. The Balaban J connectivity index is 1.55. The highest BCUT2D eigenvalue weighted by Crippen LogP contribution is 2.65. The fourth-order valence-corrected chi connectivity index (χ4v) is 5.55. The molecule has 1 aliphatic carbocycles. The molecule has 0 saturated heterocycles. The van der Waals surface area contributed by atoms with E-state index in [4.69, 9.17) is 46.4 Å². The Morgan fingerprint density at radius 1 is 0.878 bits per heavy atom. The van der Waals surface area contributed by atoms with Crippen LogP contribution in [0.3, 0.4) is 0 Å². The number of nitrogens with one attached hydrogen (secondary N) is 1. The van der Waals surface area contributed by atoms with Crippen molar-refractivity contribution in [1.29, 1.82) is 0 Å². The zero-order valence-corrected chi connectivity index (χ0v) is 23.2. The van der Waals surface area contributed by atoms with E-state index in [-0.39, 0.29) is 10.7 Å². The standard InChI is InChI=1S/C27H15Cl4F6NO3/c28-15-5-10(1-4-17(15)33)21-22(27(21,30)31)26(41)38-12-7-14(23(29)18(34)8-12)19(39)6-11-2-3-16(32)13(24(11)35)9-20(40)25(36)37/h1-5,7-8,21-22,25H,6,9H2,(H,38,41)/t21-,22+/m0/s1. The van der Waals surface area contributed by atoms with Crippen LogP contribution in [-0.2, 0) is 22.4 Å². The molecular weight excluding hydrogens is 642 g/mol. The van der Waals surface area contributed by atoms with E-state index in [1.54, 1.807) is 0 Å². The van der Waals surface area contributed by atoms with Gasteiger partial charge in [0.05, 0.1) is 16.0 Å². The van der Waals surface area contributed by atoms with Crippen molar-refractivity contribution in [3.05, 3.63) is 98.0 Å². The molecule has 1 saturated carbocycles. The minimum Gasteiger partial charge on any atom is -0.326 e. The van der Waals surface area contributed by atoms with Gasteiger partial charge in [-0.3, -0.25) is 14.4 Å². The fourth-order valence-electron chi connectivity index (χ4n) is 4.32. The molecule has 14 heteroatoms. The quantitative estimate of drug-likeness (QED) is 0.145. The fraction of sp³-hybridized carbons (Fsp3) is 0.222. The highest BCUT2D eigenvalue weighted by atomic mass is 35.5. The molecule has 41 heavy (non-hydrogen) atoms. The highest BCUT2D eigenvalue weighted by Gasteiger charge is 2.67. The maximum Gasteiger partial charge on any atom is 0.296 e. The predicted molar refractivity (Wildman–Crippen MR) is 141 cm³/mol. The van der Waals surface area contributed by atoms with Crippen molar-refractivity contribution in [3.63, 3.8) is 0 Å². The normalized spacial score (nSPS) is 17.4. The van der Waals surface area contributed by atoms with Gasteiger partial charge in [0.15, 0.2) is 5.78 Å². The van der Waals surface area contributed by atoms with E-state index < -0.39 is 97.9 Å². The van der Waals surface area contributed by atoms with Crippen molar-refractivity contribution in [2.24, 2.45) is 5.92 Å². The van der Waals surface area contributed by atoms with Crippen LogP contribution >= 0.6 is 46.4 Å². The van der Waals surface area contributed by atoms with Gasteiger partial charge in [-0.25, -0.2) is 26.3 Å². The molecule has 1 fully saturated rings.